The molecule has 0 spiro atoms. The molecule has 0 aromatic heterocycles. The van der Waals surface area contributed by atoms with Gasteiger partial charge in [0.15, 0.2) is 6.61 Å². The van der Waals surface area contributed by atoms with Gasteiger partial charge in [0.25, 0.3) is 5.91 Å². The number of anilines is 1. The Morgan fingerprint density at radius 1 is 1.09 bits per heavy atom. The minimum absolute atomic E-state index is 0.302. The van der Waals surface area contributed by atoms with Crippen molar-refractivity contribution in [3.05, 3.63) is 64.6 Å². The summed E-state index contributed by atoms with van der Waals surface area (Å²) in [5, 5.41) is 2.70. The molecule has 0 fully saturated rings. The lowest BCUT2D eigenvalue weighted by Crippen LogP contribution is -2.24. The minimum Gasteiger partial charge on any atom is -0.455 e. The van der Waals surface area contributed by atoms with Crippen LogP contribution >= 0.6 is 15.9 Å². The van der Waals surface area contributed by atoms with E-state index in [2.05, 4.69) is 21.2 Å². The number of hydrogen-bond acceptors (Lipinski definition) is 3. The van der Waals surface area contributed by atoms with E-state index in [1.54, 1.807) is 6.07 Å². The fourth-order valence-corrected chi connectivity index (χ4v) is 2.59. The highest BCUT2D eigenvalue weighted by atomic mass is 79.9. The van der Waals surface area contributed by atoms with Crippen molar-refractivity contribution in [3.63, 3.8) is 0 Å². The van der Waals surface area contributed by atoms with Gasteiger partial charge < -0.3 is 10.1 Å². The average Bonchev–Trinajstić information content (AvgIpc) is 2.57. The maximum Gasteiger partial charge on any atom is 0.313 e. The van der Waals surface area contributed by atoms with E-state index in [1.807, 2.05) is 55.5 Å². The summed E-state index contributed by atoms with van der Waals surface area (Å²) in [6, 6.07) is 16.7. The molecule has 0 heterocycles. The van der Waals surface area contributed by atoms with Gasteiger partial charge >= 0.3 is 5.97 Å². The van der Waals surface area contributed by atoms with Crippen LogP contribution in [-0.2, 0) is 14.3 Å². The van der Waals surface area contributed by atoms with Gasteiger partial charge in [0.05, 0.1) is 11.6 Å². The Hall–Kier alpha value is -2.14. The van der Waals surface area contributed by atoms with Gasteiger partial charge in [0.2, 0.25) is 0 Å². The molecule has 0 aliphatic carbocycles. The SMILES string of the molecule is CC[C@H](C(=O)OCC(=O)Nc1ccccc1Br)c1ccccc1. The zero-order valence-corrected chi connectivity index (χ0v) is 14.4. The van der Waals surface area contributed by atoms with E-state index in [0.29, 0.717) is 12.1 Å². The van der Waals surface area contributed by atoms with Crippen LogP contribution in [-0.4, -0.2) is 18.5 Å². The molecule has 0 aliphatic heterocycles. The predicted octanol–water partition coefficient (Wildman–Crippen LogP) is 4.12. The first kappa shape index (κ1) is 17.2. The van der Waals surface area contributed by atoms with Crippen molar-refractivity contribution in [2.75, 3.05) is 11.9 Å². The summed E-state index contributed by atoms with van der Waals surface area (Å²) in [6.45, 7) is 1.61. The molecule has 2 rings (SSSR count). The van der Waals surface area contributed by atoms with Gasteiger partial charge in [0.1, 0.15) is 0 Å². The Bertz CT molecular complexity index is 673. The topological polar surface area (TPSA) is 55.4 Å². The molecule has 0 radical (unpaired) electrons. The third-order valence-corrected chi connectivity index (χ3v) is 4.08. The van der Waals surface area contributed by atoms with Crippen molar-refractivity contribution in [2.45, 2.75) is 19.3 Å². The maximum atomic E-state index is 12.2. The third kappa shape index (κ3) is 4.93. The molecule has 23 heavy (non-hydrogen) atoms. The van der Waals surface area contributed by atoms with E-state index in [4.69, 9.17) is 4.74 Å². The van der Waals surface area contributed by atoms with Crippen LogP contribution in [0.15, 0.2) is 59.1 Å². The number of amides is 1. The molecule has 1 N–H and O–H groups in total. The molecule has 0 saturated carbocycles. The summed E-state index contributed by atoms with van der Waals surface area (Å²) in [7, 11) is 0. The van der Waals surface area contributed by atoms with Gasteiger partial charge in [-0.3, -0.25) is 9.59 Å². The number of halogens is 1. The first-order valence-corrected chi connectivity index (χ1v) is 8.17. The van der Waals surface area contributed by atoms with Crippen molar-refractivity contribution in [2.24, 2.45) is 0 Å². The summed E-state index contributed by atoms with van der Waals surface area (Å²) < 4.78 is 5.93. The quantitative estimate of drug-likeness (QED) is 0.772. The molecule has 0 aliphatic rings. The highest BCUT2D eigenvalue weighted by molar-refractivity contribution is 9.10. The van der Waals surface area contributed by atoms with Crippen LogP contribution in [0.3, 0.4) is 0 Å². The van der Waals surface area contributed by atoms with Gasteiger partial charge in [-0.15, -0.1) is 0 Å². The Morgan fingerprint density at radius 2 is 1.74 bits per heavy atom. The van der Waals surface area contributed by atoms with Gasteiger partial charge in [0, 0.05) is 4.47 Å². The molecule has 0 unspecified atom stereocenters. The first-order valence-electron chi connectivity index (χ1n) is 7.37. The highest BCUT2D eigenvalue weighted by Crippen LogP contribution is 2.22. The molecule has 5 heteroatoms. The zero-order valence-electron chi connectivity index (χ0n) is 12.8. The number of hydrogen-bond donors (Lipinski definition) is 1. The molecule has 120 valence electrons. The molecular weight excluding hydrogens is 358 g/mol. The highest BCUT2D eigenvalue weighted by Gasteiger charge is 2.21. The van der Waals surface area contributed by atoms with E-state index in [9.17, 15) is 9.59 Å². The standard InChI is InChI=1S/C18H18BrNO3/c1-2-14(13-8-4-3-5-9-13)18(22)23-12-17(21)20-16-11-7-6-10-15(16)19/h3-11,14H,2,12H2,1H3,(H,20,21)/t14-/m0/s1. The van der Waals surface area contributed by atoms with E-state index >= 15 is 0 Å². The number of nitrogens with one attached hydrogen (secondary N) is 1. The fraction of sp³-hybridized carbons (Fsp3) is 0.222. The number of carbonyl (C=O) groups is 2. The second-order valence-corrected chi connectivity index (χ2v) is 5.86. The van der Waals surface area contributed by atoms with Gasteiger partial charge in [-0.25, -0.2) is 0 Å². The lowest BCUT2D eigenvalue weighted by molar-refractivity contribution is -0.149. The van der Waals surface area contributed by atoms with E-state index in [0.717, 1.165) is 10.0 Å². The van der Waals surface area contributed by atoms with Gasteiger partial charge in [-0.05, 0) is 40.0 Å². The molecular formula is C18H18BrNO3. The van der Waals surface area contributed by atoms with Gasteiger partial charge in [-0.2, -0.15) is 0 Å². The molecule has 4 nitrogen and oxygen atoms in total. The molecule has 0 saturated heterocycles. The molecule has 2 aromatic carbocycles. The largest absolute Gasteiger partial charge is 0.455 e. The summed E-state index contributed by atoms with van der Waals surface area (Å²) in [5.74, 6) is -1.11. The number of benzene rings is 2. The number of esters is 1. The van der Waals surface area contributed by atoms with Crippen LogP contribution in [0.4, 0.5) is 5.69 Å². The molecule has 1 amide bonds. The third-order valence-electron chi connectivity index (χ3n) is 3.39. The average molecular weight is 376 g/mol. The van der Waals surface area contributed by atoms with E-state index in [-0.39, 0.29) is 24.4 Å². The number of rotatable bonds is 6. The van der Waals surface area contributed by atoms with E-state index < -0.39 is 0 Å². The summed E-state index contributed by atoms with van der Waals surface area (Å²) in [6.07, 6.45) is 0.620. The van der Waals surface area contributed by atoms with Crippen molar-refractivity contribution >= 4 is 33.5 Å². The predicted molar refractivity (Wildman–Crippen MR) is 93.2 cm³/mol. The Kier molecular flexibility index (Phi) is 6.35. The maximum absolute atomic E-state index is 12.2. The van der Waals surface area contributed by atoms with Crippen LogP contribution in [0, 0.1) is 0 Å². The summed E-state index contributed by atoms with van der Waals surface area (Å²) in [5.41, 5.74) is 1.54. The van der Waals surface area contributed by atoms with Crippen molar-refractivity contribution in [1.82, 2.24) is 0 Å². The van der Waals surface area contributed by atoms with Gasteiger partial charge in [-0.1, -0.05) is 49.4 Å². The number of para-hydroxylation sites is 1. The number of ether oxygens (including phenoxy) is 1. The fourth-order valence-electron chi connectivity index (χ4n) is 2.21. The minimum atomic E-state index is -0.388. The lowest BCUT2D eigenvalue weighted by Gasteiger charge is -2.14. The van der Waals surface area contributed by atoms with E-state index in [1.165, 1.54) is 0 Å². The zero-order chi connectivity index (χ0) is 16.7. The van der Waals surface area contributed by atoms with Crippen LogP contribution in [0.1, 0.15) is 24.8 Å². The van der Waals surface area contributed by atoms with Crippen LogP contribution in [0.2, 0.25) is 0 Å². The Labute approximate surface area is 144 Å². The van der Waals surface area contributed by atoms with Crippen molar-refractivity contribution < 1.29 is 14.3 Å². The Balaban J connectivity index is 1.90. The normalized spacial score (nSPS) is 11.6. The van der Waals surface area contributed by atoms with Crippen LogP contribution in [0.25, 0.3) is 0 Å². The lowest BCUT2D eigenvalue weighted by atomic mass is 9.97. The molecule has 1 atom stereocenters. The van der Waals surface area contributed by atoms with Crippen molar-refractivity contribution in [3.8, 4) is 0 Å². The second-order valence-electron chi connectivity index (χ2n) is 5.01. The molecule has 2 aromatic rings. The smallest absolute Gasteiger partial charge is 0.313 e. The summed E-state index contributed by atoms with van der Waals surface area (Å²) in [4.78, 5) is 24.1. The molecule has 0 bridgehead atoms. The second kappa shape index (κ2) is 8.48. The Morgan fingerprint density at radius 3 is 2.39 bits per heavy atom. The van der Waals surface area contributed by atoms with Crippen LogP contribution in [0.5, 0.6) is 0 Å². The monoisotopic (exact) mass is 375 g/mol. The number of carbonyl (C=O) groups excluding carboxylic acids is 2. The summed E-state index contributed by atoms with van der Waals surface area (Å²) >= 11 is 3.35. The first-order chi connectivity index (χ1) is 11.1. The van der Waals surface area contributed by atoms with Crippen LogP contribution < -0.4 is 5.32 Å². The van der Waals surface area contributed by atoms with Crippen molar-refractivity contribution in [1.29, 1.82) is 0 Å².